The number of piperazine rings is 1. The van der Waals surface area contributed by atoms with Gasteiger partial charge in [-0.1, -0.05) is 18.2 Å². The zero-order valence-electron chi connectivity index (χ0n) is 18.0. The lowest BCUT2D eigenvalue weighted by atomic mass is 10.0. The van der Waals surface area contributed by atoms with Gasteiger partial charge in [0.15, 0.2) is 5.65 Å². The number of nitrogens with zero attached hydrogens (tertiary/aromatic N) is 5. The molecule has 0 saturated carbocycles. The van der Waals surface area contributed by atoms with Crippen molar-refractivity contribution in [1.82, 2.24) is 24.8 Å². The predicted molar refractivity (Wildman–Crippen MR) is 119 cm³/mol. The Labute approximate surface area is 181 Å². The second kappa shape index (κ2) is 8.19. The normalized spacial score (nSPS) is 19.3. The van der Waals surface area contributed by atoms with Crippen LogP contribution in [0, 0.1) is 0 Å². The van der Waals surface area contributed by atoms with E-state index in [0.717, 1.165) is 49.9 Å². The molecule has 2 aliphatic rings. The summed E-state index contributed by atoms with van der Waals surface area (Å²) in [5.74, 6) is 1.45. The van der Waals surface area contributed by atoms with E-state index in [0.29, 0.717) is 23.9 Å². The summed E-state index contributed by atoms with van der Waals surface area (Å²) in [6.45, 7) is 8.88. The van der Waals surface area contributed by atoms with Crippen molar-refractivity contribution in [1.29, 1.82) is 0 Å². The van der Waals surface area contributed by atoms with E-state index in [-0.39, 0.29) is 11.9 Å². The van der Waals surface area contributed by atoms with E-state index in [1.165, 1.54) is 0 Å². The summed E-state index contributed by atoms with van der Waals surface area (Å²) >= 11 is 0. The number of hydrogen-bond acceptors (Lipinski definition) is 6. The molecule has 1 fully saturated rings. The Bertz CT molecular complexity index is 1090. The third-order valence-electron chi connectivity index (χ3n) is 6.18. The van der Waals surface area contributed by atoms with Gasteiger partial charge in [-0.05, 0) is 32.0 Å². The van der Waals surface area contributed by atoms with Crippen LogP contribution in [0.4, 0.5) is 5.95 Å². The van der Waals surface area contributed by atoms with Gasteiger partial charge in [0.25, 0.3) is 5.91 Å². The minimum absolute atomic E-state index is 0.0561. The lowest BCUT2D eigenvalue weighted by Gasteiger charge is -2.36. The van der Waals surface area contributed by atoms with Crippen LogP contribution < -0.4 is 15.0 Å². The van der Waals surface area contributed by atoms with Gasteiger partial charge < -0.3 is 15.0 Å². The van der Waals surface area contributed by atoms with E-state index in [1.807, 2.05) is 30.5 Å². The Hall–Kier alpha value is -3.13. The van der Waals surface area contributed by atoms with Gasteiger partial charge in [0, 0.05) is 56.0 Å². The maximum Gasteiger partial charge on any atom is 0.251 e. The van der Waals surface area contributed by atoms with Crippen LogP contribution in [-0.2, 0) is 0 Å². The molecule has 162 valence electrons. The van der Waals surface area contributed by atoms with Crippen molar-refractivity contribution in [2.75, 3.05) is 37.7 Å². The van der Waals surface area contributed by atoms with Gasteiger partial charge in [-0.15, -0.1) is 5.10 Å². The summed E-state index contributed by atoms with van der Waals surface area (Å²) < 4.78 is 7.44. The Morgan fingerprint density at radius 3 is 2.77 bits per heavy atom. The van der Waals surface area contributed by atoms with Crippen LogP contribution in [0.3, 0.4) is 0 Å². The fourth-order valence-corrected chi connectivity index (χ4v) is 4.32. The zero-order valence-corrected chi connectivity index (χ0v) is 18.0. The topological polar surface area (TPSA) is 75.0 Å². The van der Waals surface area contributed by atoms with E-state index in [4.69, 9.17) is 9.72 Å². The Kier molecular flexibility index (Phi) is 5.23. The molecule has 1 saturated heterocycles. The Balaban J connectivity index is 1.31. The van der Waals surface area contributed by atoms with Gasteiger partial charge in [-0.25, -0.2) is 4.52 Å². The molecule has 0 radical (unpaired) electrons. The summed E-state index contributed by atoms with van der Waals surface area (Å²) in [7, 11) is 0. The van der Waals surface area contributed by atoms with E-state index >= 15 is 0 Å². The van der Waals surface area contributed by atoms with Gasteiger partial charge >= 0.3 is 0 Å². The van der Waals surface area contributed by atoms with E-state index < -0.39 is 0 Å². The molecule has 4 heterocycles. The summed E-state index contributed by atoms with van der Waals surface area (Å²) in [4.78, 5) is 22.3. The number of fused-ring (bicyclic) bond motifs is 2. The molecule has 0 spiro atoms. The van der Waals surface area contributed by atoms with Crippen molar-refractivity contribution >= 4 is 17.5 Å². The van der Waals surface area contributed by atoms with Crippen molar-refractivity contribution in [3.05, 3.63) is 53.7 Å². The molecule has 1 aromatic carbocycles. The average Bonchev–Trinajstić information content (AvgIpc) is 3.23. The minimum atomic E-state index is -0.112. The van der Waals surface area contributed by atoms with Crippen molar-refractivity contribution in [3.63, 3.8) is 0 Å². The molecule has 2 aromatic heterocycles. The van der Waals surface area contributed by atoms with Crippen LogP contribution >= 0.6 is 0 Å². The zero-order chi connectivity index (χ0) is 21.4. The quantitative estimate of drug-likeness (QED) is 0.699. The third kappa shape index (κ3) is 3.95. The molecule has 0 aliphatic carbocycles. The van der Waals surface area contributed by atoms with Gasteiger partial charge in [-0.2, -0.15) is 4.98 Å². The second-order valence-electron chi connectivity index (χ2n) is 8.45. The number of carbonyl (C=O) groups is 1. The van der Waals surface area contributed by atoms with Crippen LogP contribution in [0.5, 0.6) is 5.75 Å². The average molecular weight is 421 g/mol. The fraction of sp³-hybridized carbons (Fsp3) is 0.435. The molecule has 5 rings (SSSR count). The monoisotopic (exact) mass is 420 g/mol. The first-order valence-corrected chi connectivity index (χ1v) is 11.0. The molecule has 1 N–H and O–H groups in total. The van der Waals surface area contributed by atoms with Gasteiger partial charge in [-0.3, -0.25) is 9.69 Å². The number of hydrogen-bond donors (Lipinski definition) is 1. The molecule has 8 nitrogen and oxygen atoms in total. The van der Waals surface area contributed by atoms with Gasteiger partial charge in [0.1, 0.15) is 5.75 Å². The number of nitrogens with one attached hydrogen (secondary N) is 1. The Morgan fingerprint density at radius 1 is 1.16 bits per heavy atom. The molecule has 1 unspecified atom stereocenters. The number of aromatic nitrogens is 3. The van der Waals surface area contributed by atoms with Crippen LogP contribution in [0.2, 0.25) is 0 Å². The summed E-state index contributed by atoms with van der Waals surface area (Å²) in [5, 5.41) is 7.77. The molecular weight excluding hydrogens is 392 g/mol. The standard InChI is InChI=1S/C23H28N6O2/c1-16(2)27-10-12-28(13-11-27)23-25-21-15-17(7-9-29(21)26-23)22(30)24-19-8-14-31-20-6-4-3-5-18(19)20/h3-7,9,15-16,19H,8,10-14H2,1-2H3,(H,24,30). The Morgan fingerprint density at radius 2 is 1.97 bits per heavy atom. The smallest absolute Gasteiger partial charge is 0.251 e. The van der Waals surface area contributed by atoms with Crippen molar-refractivity contribution in [2.45, 2.75) is 32.4 Å². The second-order valence-corrected chi connectivity index (χ2v) is 8.45. The van der Waals surface area contributed by atoms with Crippen LogP contribution in [0.15, 0.2) is 42.6 Å². The number of anilines is 1. The van der Waals surface area contributed by atoms with E-state index in [2.05, 4.69) is 34.1 Å². The first-order valence-electron chi connectivity index (χ1n) is 11.0. The number of para-hydroxylation sites is 1. The maximum atomic E-state index is 12.9. The third-order valence-corrected chi connectivity index (χ3v) is 6.18. The summed E-state index contributed by atoms with van der Waals surface area (Å²) in [5.41, 5.74) is 2.29. The number of carbonyl (C=O) groups excluding carboxylic acids is 1. The first-order chi connectivity index (χ1) is 15.1. The summed E-state index contributed by atoms with van der Waals surface area (Å²) in [6.07, 6.45) is 2.56. The van der Waals surface area contributed by atoms with Crippen molar-refractivity contribution in [3.8, 4) is 5.75 Å². The number of ether oxygens (including phenoxy) is 1. The molecule has 3 aromatic rings. The van der Waals surface area contributed by atoms with E-state index in [9.17, 15) is 4.79 Å². The molecule has 0 bridgehead atoms. The van der Waals surface area contributed by atoms with Crippen LogP contribution in [0.25, 0.3) is 5.65 Å². The first kappa shape index (κ1) is 19.8. The highest BCUT2D eigenvalue weighted by atomic mass is 16.5. The van der Waals surface area contributed by atoms with Crippen molar-refractivity contribution < 1.29 is 9.53 Å². The number of rotatable bonds is 4. The van der Waals surface area contributed by atoms with Crippen LogP contribution in [-0.4, -0.2) is 64.2 Å². The fourth-order valence-electron chi connectivity index (χ4n) is 4.32. The van der Waals surface area contributed by atoms with Crippen molar-refractivity contribution in [2.24, 2.45) is 0 Å². The highest BCUT2D eigenvalue weighted by molar-refractivity contribution is 5.95. The number of benzene rings is 1. The SMILES string of the molecule is CC(C)N1CCN(c2nc3cc(C(=O)NC4CCOc5ccccc54)ccn3n2)CC1. The number of amides is 1. The molecule has 1 atom stereocenters. The molecule has 1 amide bonds. The lowest BCUT2D eigenvalue weighted by Crippen LogP contribution is -2.49. The van der Waals surface area contributed by atoms with E-state index in [1.54, 1.807) is 16.6 Å². The van der Waals surface area contributed by atoms with Gasteiger partial charge in [0.05, 0.1) is 12.6 Å². The molecule has 2 aliphatic heterocycles. The largest absolute Gasteiger partial charge is 0.493 e. The molecular formula is C23H28N6O2. The predicted octanol–water partition coefficient (Wildman–Crippen LogP) is 2.51. The lowest BCUT2D eigenvalue weighted by molar-refractivity contribution is 0.0924. The maximum absolute atomic E-state index is 12.9. The molecule has 8 heteroatoms. The highest BCUT2D eigenvalue weighted by Crippen LogP contribution is 2.31. The highest BCUT2D eigenvalue weighted by Gasteiger charge is 2.24. The summed E-state index contributed by atoms with van der Waals surface area (Å²) in [6, 6.07) is 12.0. The van der Waals surface area contributed by atoms with Gasteiger partial charge in [0.2, 0.25) is 5.95 Å². The minimum Gasteiger partial charge on any atom is -0.493 e. The van der Waals surface area contributed by atoms with Crippen LogP contribution in [0.1, 0.15) is 42.2 Å². The molecule has 31 heavy (non-hydrogen) atoms. The number of pyridine rings is 1.